The van der Waals surface area contributed by atoms with Crippen LogP contribution < -0.4 is 5.32 Å². The molecule has 0 aliphatic heterocycles. The second-order valence-corrected chi connectivity index (χ2v) is 4.81. The third-order valence-electron chi connectivity index (χ3n) is 3.11. The lowest BCUT2D eigenvalue weighted by molar-refractivity contribution is 0.470. The summed E-state index contributed by atoms with van der Waals surface area (Å²) in [6.07, 6.45) is 12.3. The zero-order chi connectivity index (χ0) is 11.2. The van der Waals surface area contributed by atoms with Gasteiger partial charge in [0.25, 0.3) is 0 Å². The Kier molecular flexibility index (Phi) is 4.40. The Balaban J connectivity index is 1.94. The smallest absolute Gasteiger partial charge is 0.148 e. The van der Waals surface area contributed by atoms with Crippen LogP contribution in [0.2, 0.25) is 5.02 Å². The van der Waals surface area contributed by atoms with Crippen molar-refractivity contribution < 1.29 is 0 Å². The van der Waals surface area contributed by atoms with Gasteiger partial charge in [0.1, 0.15) is 17.2 Å². The van der Waals surface area contributed by atoms with Gasteiger partial charge in [0.05, 0.1) is 6.20 Å². The fourth-order valence-corrected chi connectivity index (χ4v) is 2.37. The zero-order valence-corrected chi connectivity index (χ0v) is 10.2. The standard InChI is InChI=1S/C12H18ClN3/c13-11-8-14-9-15-12(11)16-10-6-4-2-1-3-5-7-10/h8-10H,1-7H2,(H,14,15,16). The molecule has 1 saturated carbocycles. The molecular formula is C12H18ClN3. The first-order chi connectivity index (χ1) is 7.86. The highest BCUT2D eigenvalue weighted by atomic mass is 35.5. The summed E-state index contributed by atoms with van der Waals surface area (Å²) in [6.45, 7) is 0. The van der Waals surface area contributed by atoms with E-state index in [1.165, 1.54) is 51.3 Å². The van der Waals surface area contributed by atoms with Crippen LogP contribution in [-0.2, 0) is 0 Å². The molecule has 0 aromatic carbocycles. The molecule has 1 aliphatic carbocycles. The van der Waals surface area contributed by atoms with Crippen molar-refractivity contribution in [2.45, 2.75) is 51.0 Å². The van der Waals surface area contributed by atoms with Crippen LogP contribution in [0.1, 0.15) is 44.9 Å². The lowest BCUT2D eigenvalue weighted by atomic mass is 9.97. The Morgan fingerprint density at radius 2 is 1.81 bits per heavy atom. The molecule has 0 bridgehead atoms. The maximum absolute atomic E-state index is 6.03. The van der Waals surface area contributed by atoms with Crippen molar-refractivity contribution in [3.8, 4) is 0 Å². The van der Waals surface area contributed by atoms with Gasteiger partial charge in [-0.05, 0) is 12.8 Å². The van der Waals surface area contributed by atoms with Gasteiger partial charge in [-0.3, -0.25) is 0 Å². The molecule has 1 aromatic heterocycles. The Morgan fingerprint density at radius 1 is 1.12 bits per heavy atom. The van der Waals surface area contributed by atoms with E-state index in [1.807, 2.05) is 0 Å². The van der Waals surface area contributed by atoms with Gasteiger partial charge in [-0.2, -0.15) is 0 Å². The van der Waals surface area contributed by atoms with Crippen LogP contribution in [0.4, 0.5) is 5.82 Å². The van der Waals surface area contributed by atoms with Crippen molar-refractivity contribution in [2.24, 2.45) is 0 Å². The molecule has 0 radical (unpaired) electrons. The number of halogens is 1. The van der Waals surface area contributed by atoms with Crippen LogP contribution in [0, 0.1) is 0 Å². The summed E-state index contributed by atoms with van der Waals surface area (Å²) in [5.41, 5.74) is 0. The molecule has 1 N–H and O–H groups in total. The third kappa shape index (κ3) is 3.34. The zero-order valence-electron chi connectivity index (χ0n) is 9.45. The highest BCUT2D eigenvalue weighted by Crippen LogP contribution is 2.23. The van der Waals surface area contributed by atoms with Gasteiger partial charge in [0.2, 0.25) is 0 Å². The number of nitrogens with zero attached hydrogens (tertiary/aromatic N) is 2. The van der Waals surface area contributed by atoms with E-state index in [9.17, 15) is 0 Å². The molecule has 1 heterocycles. The minimum atomic E-state index is 0.521. The largest absolute Gasteiger partial charge is 0.366 e. The fourth-order valence-electron chi connectivity index (χ4n) is 2.21. The molecule has 16 heavy (non-hydrogen) atoms. The SMILES string of the molecule is Clc1cncnc1NC1CCCCCCC1. The highest BCUT2D eigenvalue weighted by Gasteiger charge is 2.12. The monoisotopic (exact) mass is 239 g/mol. The first-order valence-corrected chi connectivity index (χ1v) is 6.46. The predicted octanol–water partition coefficient (Wildman–Crippen LogP) is 3.65. The van der Waals surface area contributed by atoms with Gasteiger partial charge >= 0.3 is 0 Å². The minimum Gasteiger partial charge on any atom is -0.366 e. The normalized spacial score (nSPS) is 18.8. The first-order valence-electron chi connectivity index (χ1n) is 6.08. The molecule has 1 aliphatic rings. The van der Waals surface area contributed by atoms with Crippen LogP contribution >= 0.6 is 11.6 Å². The van der Waals surface area contributed by atoms with Crippen molar-refractivity contribution in [1.29, 1.82) is 0 Å². The molecule has 3 nitrogen and oxygen atoms in total. The van der Waals surface area contributed by atoms with Crippen molar-refractivity contribution in [3.05, 3.63) is 17.5 Å². The van der Waals surface area contributed by atoms with Crippen LogP contribution in [0.15, 0.2) is 12.5 Å². The maximum atomic E-state index is 6.03. The van der Waals surface area contributed by atoms with E-state index in [2.05, 4.69) is 15.3 Å². The molecule has 4 heteroatoms. The summed E-state index contributed by atoms with van der Waals surface area (Å²) >= 11 is 6.03. The molecule has 0 saturated heterocycles. The number of hydrogen-bond acceptors (Lipinski definition) is 3. The molecule has 1 fully saturated rings. The van der Waals surface area contributed by atoms with Crippen LogP contribution in [0.25, 0.3) is 0 Å². The lowest BCUT2D eigenvalue weighted by Gasteiger charge is -2.21. The Bertz CT molecular complexity index is 322. The summed E-state index contributed by atoms with van der Waals surface area (Å²) in [7, 11) is 0. The average molecular weight is 240 g/mol. The summed E-state index contributed by atoms with van der Waals surface area (Å²) in [5, 5.41) is 4.05. The van der Waals surface area contributed by atoms with E-state index >= 15 is 0 Å². The molecule has 0 spiro atoms. The van der Waals surface area contributed by atoms with Crippen molar-refractivity contribution in [2.75, 3.05) is 5.32 Å². The van der Waals surface area contributed by atoms with Gasteiger partial charge in [0.15, 0.2) is 0 Å². The topological polar surface area (TPSA) is 37.8 Å². The lowest BCUT2D eigenvalue weighted by Crippen LogP contribution is -2.21. The maximum Gasteiger partial charge on any atom is 0.148 e. The fraction of sp³-hybridized carbons (Fsp3) is 0.667. The van der Waals surface area contributed by atoms with Crippen molar-refractivity contribution in [1.82, 2.24) is 9.97 Å². The molecule has 0 amide bonds. The van der Waals surface area contributed by atoms with Crippen LogP contribution in [0.3, 0.4) is 0 Å². The van der Waals surface area contributed by atoms with Gasteiger partial charge in [-0.15, -0.1) is 0 Å². The van der Waals surface area contributed by atoms with Gasteiger partial charge < -0.3 is 5.32 Å². The number of hydrogen-bond donors (Lipinski definition) is 1. The van der Waals surface area contributed by atoms with Gasteiger partial charge in [-0.1, -0.05) is 43.7 Å². The summed E-state index contributed by atoms with van der Waals surface area (Å²) < 4.78 is 0. The van der Waals surface area contributed by atoms with E-state index < -0.39 is 0 Å². The van der Waals surface area contributed by atoms with E-state index in [-0.39, 0.29) is 0 Å². The van der Waals surface area contributed by atoms with E-state index in [1.54, 1.807) is 6.20 Å². The number of rotatable bonds is 2. The molecule has 2 rings (SSSR count). The quantitative estimate of drug-likeness (QED) is 0.856. The second-order valence-electron chi connectivity index (χ2n) is 4.41. The van der Waals surface area contributed by atoms with Crippen molar-refractivity contribution in [3.63, 3.8) is 0 Å². The minimum absolute atomic E-state index is 0.521. The van der Waals surface area contributed by atoms with Crippen LogP contribution in [0.5, 0.6) is 0 Å². The van der Waals surface area contributed by atoms with Crippen molar-refractivity contribution >= 4 is 17.4 Å². The number of aromatic nitrogens is 2. The first kappa shape index (κ1) is 11.6. The van der Waals surface area contributed by atoms with E-state index in [4.69, 9.17) is 11.6 Å². The Hall–Kier alpha value is -0.830. The van der Waals surface area contributed by atoms with E-state index in [0.29, 0.717) is 11.1 Å². The van der Waals surface area contributed by atoms with Gasteiger partial charge in [0, 0.05) is 6.04 Å². The Labute approximate surface area is 102 Å². The van der Waals surface area contributed by atoms with Gasteiger partial charge in [-0.25, -0.2) is 9.97 Å². The average Bonchev–Trinajstić information content (AvgIpc) is 2.24. The summed E-state index contributed by atoms with van der Waals surface area (Å²) in [4.78, 5) is 8.06. The Morgan fingerprint density at radius 3 is 2.50 bits per heavy atom. The third-order valence-corrected chi connectivity index (χ3v) is 3.39. The number of nitrogens with one attached hydrogen (secondary N) is 1. The van der Waals surface area contributed by atoms with E-state index in [0.717, 1.165) is 5.82 Å². The second kappa shape index (κ2) is 6.04. The highest BCUT2D eigenvalue weighted by molar-refractivity contribution is 6.32. The summed E-state index contributed by atoms with van der Waals surface area (Å²) in [6, 6.07) is 0.521. The predicted molar refractivity (Wildman–Crippen MR) is 66.8 cm³/mol. The molecule has 88 valence electrons. The molecule has 0 atom stereocenters. The van der Waals surface area contributed by atoms with Crippen LogP contribution in [-0.4, -0.2) is 16.0 Å². The number of anilines is 1. The molecule has 1 aromatic rings. The molecule has 0 unspecified atom stereocenters. The molecular weight excluding hydrogens is 222 g/mol. The summed E-state index contributed by atoms with van der Waals surface area (Å²) in [5.74, 6) is 0.780.